The summed E-state index contributed by atoms with van der Waals surface area (Å²) in [5, 5.41) is 0. The number of fused-ring (bicyclic) bond motifs is 1. The molecule has 0 amide bonds. The summed E-state index contributed by atoms with van der Waals surface area (Å²) in [6, 6.07) is 14.7. The Kier molecular flexibility index (Phi) is 3.84. The first-order valence-corrected chi connectivity index (χ1v) is 7.50. The van der Waals surface area contributed by atoms with Crippen molar-refractivity contribution in [3.05, 3.63) is 53.6 Å². The standard InChI is InChI=1S/C18H22N2O/c1-13(19)18-16(10-5-11-17(18)21-2)20-12-6-8-14-7-3-4-9-15(14)20/h3-5,7,9-11,13H,6,8,12,19H2,1-2H3/t13-/m0/s1. The minimum absolute atomic E-state index is 0.0646. The Morgan fingerprint density at radius 3 is 2.62 bits per heavy atom. The molecule has 3 heteroatoms. The highest BCUT2D eigenvalue weighted by Gasteiger charge is 2.23. The number of anilines is 2. The Labute approximate surface area is 126 Å². The molecular weight excluding hydrogens is 260 g/mol. The van der Waals surface area contributed by atoms with Crippen molar-refractivity contribution in [3.8, 4) is 5.75 Å². The lowest BCUT2D eigenvalue weighted by molar-refractivity contribution is 0.407. The Morgan fingerprint density at radius 1 is 1.10 bits per heavy atom. The molecule has 2 aromatic rings. The van der Waals surface area contributed by atoms with Crippen molar-refractivity contribution in [2.75, 3.05) is 18.6 Å². The van der Waals surface area contributed by atoms with Crippen LogP contribution < -0.4 is 15.4 Å². The zero-order valence-corrected chi connectivity index (χ0v) is 12.7. The van der Waals surface area contributed by atoms with Gasteiger partial charge in [0, 0.05) is 29.5 Å². The summed E-state index contributed by atoms with van der Waals surface area (Å²) in [6.45, 7) is 3.03. The van der Waals surface area contributed by atoms with Crippen LogP contribution in [-0.4, -0.2) is 13.7 Å². The van der Waals surface area contributed by atoms with Gasteiger partial charge < -0.3 is 15.4 Å². The van der Waals surface area contributed by atoms with Gasteiger partial charge in [-0.1, -0.05) is 24.3 Å². The molecule has 0 aromatic heterocycles. The number of rotatable bonds is 3. The van der Waals surface area contributed by atoms with Crippen LogP contribution in [0.2, 0.25) is 0 Å². The first-order valence-electron chi connectivity index (χ1n) is 7.50. The molecule has 0 spiro atoms. The van der Waals surface area contributed by atoms with Crippen molar-refractivity contribution in [1.82, 2.24) is 0 Å². The van der Waals surface area contributed by atoms with E-state index in [2.05, 4.69) is 35.2 Å². The van der Waals surface area contributed by atoms with E-state index < -0.39 is 0 Å². The van der Waals surface area contributed by atoms with Gasteiger partial charge in [0.05, 0.1) is 7.11 Å². The van der Waals surface area contributed by atoms with E-state index in [1.54, 1.807) is 7.11 Å². The van der Waals surface area contributed by atoms with Crippen LogP contribution >= 0.6 is 0 Å². The molecule has 0 saturated carbocycles. The van der Waals surface area contributed by atoms with Crippen LogP contribution in [0.1, 0.15) is 30.5 Å². The number of hydrogen-bond donors (Lipinski definition) is 1. The third-order valence-electron chi connectivity index (χ3n) is 4.12. The SMILES string of the molecule is COc1cccc(N2CCCc3ccccc32)c1[C@H](C)N. The van der Waals surface area contributed by atoms with E-state index in [1.807, 2.05) is 19.1 Å². The van der Waals surface area contributed by atoms with Crippen LogP contribution in [0, 0.1) is 0 Å². The minimum atomic E-state index is -0.0646. The molecule has 1 aliphatic rings. The smallest absolute Gasteiger partial charge is 0.125 e. The summed E-state index contributed by atoms with van der Waals surface area (Å²) in [7, 11) is 1.70. The average Bonchev–Trinajstić information content (AvgIpc) is 2.53. The second-order valence-corrected chi connectivity index (χ2v) is 5.57. The molecule has 0 radical (unpaired) electrons. The Bertz CT molecular complexity index is 637. The van der Waals surface area contributed by atoms with E-state index in [1.165, 1.54) is 11.3 Å². The van der Waals surface area contributed by atoms with E-state index in [0.717, 1.165) is 36.4 Å². The third-order valence-corrected chi connectivity index (χ3v) is 4.12. The van der Waals surface area contributed by atoms with Gasteiger partial charge in [-0.2, -0.15) is 0 Å². The van der Waals surface area contributed by atoms with Gasteiger partial charge in [0.25, 0.3) is 0 Å². The molecule has 3 nitrogen and oxygen atoms in total. The van der Waals surface area contributed by atoms with Crippen LogP contribution in [0.5, 0.6) is 5.75 Å². The molecule has 0 aliphatic carbocycles. The summed E-state index contributed by atoms with van der Waals surface area (Å²) in [5.41, 5.74) is 11.2. The Morgan fingerprint density at radius 2 is 1.86 bits per heavy atom. The predicted molar refractivity (Wildman–Crippen MR) is 87.4 cm³/mol. The van der Waals surface area contributed by atoms with Gasteiger partial charge in [-0.05, 0) is 43.5 Å². The summed E-state index contributed by atoms with van der Waals surface area (Å²) in [4.78, 5) is 2.38. The van der Waals surface area contributed by atoms with Gasteiger partial charge in [-0.3, -0.25) is 0 Å². The van der Waals surface area contributed by atoms with Crippen LogP contribution in [-0.2, 0) is 6.42 Å². The van der Waals surface area contributed by atoms with Crippen LogP contribution in [0.3, 0.4) is 0 Å². The molecule has 0 fully saturated rings. The van der Waals surface area contributed by atoms with Gasteiger partial charge in [0.1, 0.15) is 5.75 Å². The maximum absolute atomic E-state index is 6.21. The second-order valence-electron chi connectivity index (χ2n) is 5.57. The minimum Gasteiger partial charge on any atom is -0.496 e. The molecule has 0 saturated heterocycles. The van der Waals surface area contributed by atoms with E-state index in [-0.39, 0.29) is 6.04 Å². The third kappa shape index (κ3) is 2.49. The number of hydrogen-bond acceptors (Lipinski definition) is 3. The van der Waals surface area contributed by atoms with Gasteiger partial charge in [-0.15, -0.1) is 0 Å². The number of nitrogens with two attached hydrogens (primary N) is 1. The molecule has 0 unspecified atom stereocenters. The summed E-state index contributed by atoms with van der Waals surface area (Å²) >= 11 is 0. The van der Waals surface area contributed by atoms with E-state index in [9.17, 15) is 0 Å². The quantitative estimate of drug-likeness (QED) is 0.930. The fraction of sp³-hybridized carbons (Fsp3) is 0.333. The summed E-state index contributed by atoms with van der Waals surface area (Å²) < 4.78 is 5.52. The molecule has 2 N–H and O–H groups in total. The number of aryl methyl sites for hydroxylation is 1. The lowest BCUT2D eigenvalue weighted by Gasteiger charge is -2.34. The monoisotopic (exact) mass is 282 g/mol. The number of benzene rings is 2. The predicted octanol–water partition coefficient (Wildman–Crippen LogP) is 3.80. The number of nitrogens with zero attached hydrogens (tertiary/aromatic N) is 1. The lowest BCUT2D eigenvalue weighted by atomic mass is 9.98. The molecular formula is C18H22N2O. The fourth-order valence-corrected chi connectivity index (χ4v) is 3.19. The highest BCUT2D eigenvalue weighted by atomic mass is 16.5. The van der Waals surface area contributed by atoms with Crippen LogP contribution in [0.25, 0.3) is 0 Å². The first kappa shape index (κ1) is 14.0. The number of methoxy groups -OCH3 is 1. The highest BCUT2D eigenvalue weighted by Crippen LogP contribution is 2.40. The largest absolute Gasteiger partial charge is 0.496 e. The molecule has 0 bridgehead atoms. The van der Waals surface area contributed by atoms with Crippen molar-refractivity contribution in [1.29, 1.82) is 0 Å². The maximum Gasteiger partial charge on any atom is 0.125 e. The molecule has 1 atom stereocenters. The van der Waals surface area contributed by atoms with Gasteiger partial charge in [0.2, 0.25) is 0 Å². The van der Waals surface area contributed by atoms with E-state index >= 15 is 0 Å². The van der Waals surface area contributed by atoms with E-state index in [0.29, 0.717) is 0 Å². The van der Waals surface area contributed by atoms with Gasteiger partial charge in [-0.25, -0.2) is 0 Å². The zero-order chi connectivity index (χ0) is 14.8. The normalized spacial score (nSPS) is 15.5. The molecule has 2 aromatic carbocycles. The number of para-hydroxylation sites is 1. The molecule has 1 heterocycles. The van der Waals surface area contributed by atoms with Crippen molar-refractivity contribution in [3.63, 3.8) is 0 Å². The van der Waals surface area contributed by atoms with Crippen molar-refractivity contribution < 1.29 is 4.74 Å². The van der Waals surface area contributed by atoms with Crippen molar-refractivity contribution in [2.45, 2.75) is 25.8 Å². The maximum atomic E-state index is 6.21. The molecule has 3 rings (SSSR count). The molecule has 1 aliphatic heterocycles. The first-order chi connectivity index (χ1) is 10.2. The molecule has 110 valence electrons. The zero-order valence-electron chi connectivity index (χ0n) is 12.7. The topological polar surface area (TPSA) is 38.5 Å². The lowest BCUT2D eigenvalue weighted by Crippen LogP contribution is -2.26. The average molecular weight is 282 g/mol. The number of ether oxygens (including phenoxy) is 1. The second kappa shape index (κ2) is 5.78. The van der Waals surface area contributed by atoms with Crippen molar-refractivity contribution >= 4 is 11.4 Å². The highest BCUT2D eigenvalue weighted by molar-refractivity contribution is 5.72. The summed E-state index contributed by atoms with van der Waals surface area (Å²) in [5.74, 6) is 0.866. The van der Waals surface area contributed by atoms with Crippen LogP contribution in [0.4, 0.5) is 11.4 Å². The summed E-state index contributed by atoms with van der Waals surface area (Å²) in [6.07, 6.45) is 2.30. The Hall–Kier alpha value is -2.00. The van der Waals surface area contributed by atoms with Gasteiger partial charge >= 0.3 is 0 Å². The van der Waals surface area contributed by atoms with E-state index in [4.69, 9.17) is 10.5 Å². The van der Waals surface area contributed by atoms with Crippen molar-refractivity contribution in [2.24, 2.45) is 5.73 Å². The molecule has 21 heavy (non-hydrogen) atoms. The van der Waals surface area contributed by atoms with Crippen LogP contribution in [0.15, 0.2) is 42.5 Å². The Balaban J connectivity index is 2.14. The van der Waals surface area contributed by atoms with Gasteiger partial charge in [0.15, 0.2) is 0 Å². The fourth-order valence-electron chi connectivity index (χ4n) is 3.19.